The van der Waals surface area contributed by atoms with Gasteiger partial charge in [0.25, 0.3) is 0 Å². The minimum absolute atomic E-state index is 0.0816. The Morgan fingerprint density at radius 2 is 1.82 bits per heavy atom. The van der Waals surface area contributed by atoms with Crippen LogP contribution >= 0.6 is 0 Å². The van der Waals surface area contributed by atoms with Crippen molar-refractivity contribution >= 4 is 5.78 Å². The van der Waals surface area contributed by atoms with Crippen LogP contribution in [-0.2, 0) is 4.79 Å². The molecule has 0 atom stereocenters. The van der Waals surface area contributed by atoms with Crippen LogP contribution in [0.25, 0.3) is 0 Å². The Labute approximate surface area is 69.2 Å². The summed E-state index contributed by atoms with van der Waals surface area (Å²) in [4.78, 5) is 11.4. The molecule has 1 aliphatic carbocycles. The summed E-state index contributed by atoms with van der Waals surface area (Å²) in [5.41, 5.74) is 0.0816. The molecule has 1 fully saturated rings. The Bertz CT molecular complexity index is 143. The van der Waals surface area contributed by atoms with Gasteiger partial charge < -0.3 is 0 Å². The minimum atomic E-state index is 0.0816. The first-order valence-corrected chi connectivity index (χ1v) is 4.72. The van der Waals surface area contributed by atoms with Gasteiger partial charge in [-0.25, -0.2) is 0 Å². The molecule has 0 aromatic rings. The predicted molar refractivity (Wildman–Crippen MR) is 46.5 cm³/mol. The van der Waals surface area contributed by atoms with E-state index in [4.69, 9.17) is 0 Å². The van der Waals surface area contributed by atoms with E-state index in [0.717, 1.165) is 19.3 Å². The van der Waals surface area contributed by atoms with E-state index in [2.05, 4.69) is 6.92 Å². The third-order valence-corrected chi connectivity index (χ3v) is 3.23. The lowest BCUT2D eigenvalue weighted by Gasteiger charge is -2.33. The van der Waals surface area contributed by atoms with Gasteiger partial charge in [-0.3, -0.25) is 4.79 Å². The van der Waals surface area contributed by atoms with Gasteiger partial charge in [-0.05, 0) is 26.2 Å². The molecule has 0 aliphatic heterocycles. The molecule has 0 N–H and O–H groups in total. The molecule has 1 aliphatic rings. The Morgan fingerprint density at radius 1 is 1.27 bits per heavy atom. The van der Waals surface area contributed by atoms with Gasteiger partial charge in [-0.2, -0.15) is 0 Å². The predicted octanol–water partition coefficient (Wildman–Crippen LogP) is 2.94. The van der Waals surface area contributed by atoms with Crippen molar-refractivity contribution in [3.8, 4) is 0 Å². The highest BCUT2D eigenvalue weighted by Crippen LogP contribution is 2.39. The van der Waals surface area contributed by atoms with E-state index >= 15 is 0 Å². The van der Waals surface area contributed by atoms with Crippen molar-refractivity contribution in [2.45, 2.75) is 52.4 Å². The lowest BCUT2D eigenvalue weighted by Crippen LogP contribution is -2.30. The Kier molecular flexibility index (Phi) is 2.69. The highest BCUT2D eigenvalue weighted by molar-refractivity contribution is 5.82. The second-order valence-corrected chi connectivity index (χ2v) is 3.75. The average Bonchev–Trinajstić information content (AvgIpc) is 2.05. The lowest BCUT2D eigenvalue weighted by molar-refractivity contribution is -0.128. The zero-order valence-corrected chi connectivity index (χ0v) is 7.65. The molecule has 11 heavy (non-hydrogen) atoms. The Hall–Kier alpha value is -0.330. The molecule has 0 saturated heterocycles. The summed E-state index contributed by atoms with van der Waals surface area (Å²) >= 11 is 0. The molecule has 0 aromatic carbocycles. The minimum Gasteiger partial charge on any atom is -0.299 e. The smallest absolute Gasteiger partial charge is 0.135 e. The average molecular weight is 154 g/mol. The molecule has 1 heteroatoms. The van der Waals surface area contributed by atoms with Gasteiger partial charge in [0.2, 0.25) is 0 Å². The SMILES string of the molecule is CCC1(C(C)=O)CCCCC1. The van der Waals surface area contributed by atoms with Gasteiger partial charge in [0, 0.05) is 5.41 Å². The van der Waals surface area contributed by atoms with Crippen molar-refractivity contribution in [2.24, 2.45) is 5.41 Å². The van der Waals surface area contributed by atoms with Crippen molar-refractivity contribution in [1.29, 1.82) is 0 Å². The summed E-state index contributed by atoms with van der Waals surface area (Å²) in [6.45, 7) is 3.90. The Morgan fingerprint density at radius 3 is 2.09 bits per heavy atom. The van der Waals surface area contributed by atoms with E-state index in [0.29, 0.717) is 5.78 Å². The number of Topliss-reactive ketones (excluding diaryl/α,β-unsaturated/α-hetero) is 1. The zero-order valence-electron chi connectivity index (χ0n) is 7.65. The quantitative estimate of drug-likeness (QED) is 0.597. The second kappa shape index (κ2) is 3.38. The van der Waals surface area contributed by atoms with Crippen LogP contribution in [0.2, 0.25) is 0 Å². The first-order chi connectivity index (χ1) is 5.21. The summed E-state index contributed by atoms with van der Waals surface area (Å²) in [5, 5.41) is 0. The fraction of sp³-hybridized carbons (Fsp3) is 0.900. The molecule has 0 unspecified atom stereocenters. The maximum Gasteiger partial charge on any atom is 0.135 e. The van der Waals surface area contributed by atoms with Gasteiger partial charge in [-0.15, -0.1) is 0 Å². The van der Waals surface area contributed by atoms with Crippen LogP contribution in [0.1, 0.15) is 52.4 Å². The molecule has 0 aromatic heterocycles. The van der Waals surface area contributed by atoms with Crippen LogP contribution in [0.4, 0.5) is 0 Å². The van der Waals surface area contributed by atoms with E-state index in [1.54, 1.807) is 6.92 Å². The molecule has 0 bridgehead atoms. The summed E-state index contributed by atoms with van der Waals surface area (Å²) in [5.74, 6) is 0.416. The molecule has 0 spiro atoms. The standard InChI is InChI=1S/C10H18O/c1-3-10(9(2)11)7-5-4-6-8-10/h3-8H2,1-2H3. The van der Waals surface area contributed by atoms with Crippen LogP contribution < -0.4 is 0 Å². The zero-order chi connectivity index (χ0) is 8.32. The molecule has 1 saturated carbocycles. The molecule has 0 radical (unpaired) electrons. The van der Waals surface area contributed by atoms with E-state index in [-0.39, 0.29) is 5.41 Å². The number of hydrogen-bond acceptors (Lipinski definition) is 1. The van der Waals surface area contributed by atoms with Crippen molar-refractivity contribution in [3.63, 3.8) is 0 Å². The van der Waals surface area contributed by atoms with Crippen LogP contribution in [0, 0.1) is 5.41 Å². The van der Waals surface area contributed by atoms with Crippen molar-refractivity contribution in [2.75, 3.05) is 0 Å². The fourth-order valence-electron chi connectivity index (χ4n) is 2.18. The molecule has 1 rings (SSSR count). The molecular formula is C10H18O. The summed E-state index contributed by atoms with van der Waals surface area (Å²) in [6.07, 6.45) is 7.16. The van der Waals surface area contributed by atoms with Gasteiger partial charge in [0.1, 0.15) is 5.78 Å². The van der Waals surface area contributed by atoms with E-state index in [1.807, 2.05) is 0 Å². The molecule has 0 amide bonds. The van der Waals surface area contributed by atoms with Crippen LogP contribution in [0.5, 0.6) is 0 Å². The lowest BCUT2D eigenvalue weighted by atomic mass is 9.70. The third kappa shape index (κ3) is 1.63. The number of rotatable bonds is 2. The first kappa shape index (κ1) is 8.76. The monoisotopic (exact) mass is 154 g/mol. The van der Waals surface area contributed by atoms with E-state index in [1.165, 1.54) is 19.3 Å². The molecule has 64 valence electrons. The summed E-state index contributed by atoms with van der Waals surface area (Å²) < 4.78 is 0. The highest BCUT2D eigenvalue weighted by Gasteiger charge is 2.34. The topological polar surface area (TPSA) is 17.1 Å². The third-order valence-electron chi connectivity index (χ3n) is 3.23. The van der Waals surface area contributed by atoms with Crippen LogP contribution in [0.3, 0.4) is 0 Å². The summed E-state index contributed by atoms with van der Waals surface area (Å²) in [6, 6.07) is 0. The van der Waals surface area contributed by atoms with Gasteiger partial charge in [-0.1, -0.05) is 26.2 Å². The Balaban J connectivity index is 2.64. The maximum absolute atomic E-state index is 11.4. The van der Waals surface area contributed by atoms with Crippen LogP contribution in [0.15, 0.2) is 0 Å². The summed E-state index contributed by atoms with van der Waals surface area (Å²) in [7, 11) is 0. The van der Waals surface area contributed by atoms with E-state index in [9.17, 15) is 4.79 Å². The first-order valence-electron chi connectivity index (χ1n) is 4.72. The van der Waals surface area contributed by atoms with Crippen molar-refractivity contribution < 1.29 is 4.79 Å². The molecule has 1 nitrogen and oxygen atoms in total. The van der Waals surface area contributed by atoms with Crippen molar-refractivity contribution in [3.05, 3.63) is 0 Å². The van der Waals surface area contributed by atoms with Gasteiger partial charge in [0.05, 0.1) is 0 Å². The second-order valence-electron chi connectivity index (χ2n) is 3.75. The largest absolute Gasteiger partial charge is 0.299 e. The maximum atomic E-state index is 11.4. The van der Waals surface area contributed by atoms with E-state index < -0.39 is 0 Å². The fourth-order valence-corrected chi connectivity index (χ4v) is 2.18. The van der Waals surface area contributed by atoms with Crippen LogP contribution in [-0.4, -0.2) is 5.78 Å². The van der Waals surface area contributed by atoms with Crippen molar-refractivity contribution in [1.82, 2.24) is 0 Å². The van der Waals surface area contributed by atoms with Gasteiger partial charge >= 0.3 is 0 Å². The number of carbonyl (C=O) groups is 1. The van der Waals surface area contributed by atoms with Gasteiger partial charge in [0.15, 0.2) is 0 Å². The number of hydrogen-bond donors (Lipinski definition) is 0. The molecular weight excluding hydrogens is 136 g/mol. The number of ketones is 1. The molecule has 0 heterocycles. The number of carbonyl (C=O) groups excluding carboxylic acids is 1. The highest BCUT2D eigenvalue weighted by atomic mass is 16.1. The normalized spacial score (nSPS) is 23.1.